The highest BCUT2D eigenvalue weighted by atomic mass is 35.5. The maximum absolute atomic E-state index is 6.57. The highest BCUT2D eigenvalue weighted by Crippen LogP contribution is 2.37. The summed E-state index contributed by atoms with van der Waals surface area (Å²) >= 11 is 6.10. The van der Waals surface area contributed by atoms with Gasteiger partial charge in [-0.25, -0.2) is 0 Å². The Kier molecular flexibility index (Phi) is 4.08. The summed E-state index contributed by atoms with van der Waals surface area (Å²) < 4.78 is 5.25. The van der Waals surface area contributed by atoms with Crippen molar-refractivity contribution in [1.82, 2.24) is 0 Å². The van der Waals surface area contributed by atoms with Gasteiger partial charge in [-0.1, -0.05) is 36.9 Å². The van der Waals surface area contributed by atoms with E-state index in [1.165, 1.54) is 30.4 Å². The predicted molar refractivity (Wildman–Crippen MR) is 71.1 cm³/mol. The van der Waals surface area contributed by atoms with Crippen molar-refractivity contribution >= 4 is 11.6 Å². The van der Waals surface area contributed by atoms with Crippen molar-refractivity contribution in [2.24, 2.45) is 5.73 Å². The lowest BCUT2D eigenvalue weighted by atomic mass is 9.76. The summed E-state index contributed by atoms with van der Waals surface area (Å²) in [6.45, 7) is 0.603. The molecule has 1 aromatic rings. The van der Waals surface area contributed by atoms with Crippen LogP contribution < -0.4 is 5.73 Å². The Balaban J connectivity index is 2.37. The summed E-state index contributed by atoms with van der Waals surface area (Å²) in [4.78, 5) is 0. The van der Waals surface area contributed by atoms with E-state index < -0.39 is 0 Å². The van der Waals surface area contributed by atoms with Gasteiger partial charge in [0, 0.05) is 17.7 Å². The number of nitrogens with two attached hydrogens (primary N) is 1. The zero-order valence-electron chi connectivity index (χ0n) is 10.3. The summed E-state index contributed by atoms with van der Waals surface area (Å²) in [7, 11) is 1.71. The van der Waals surface area contributed by atoms with Gasteiger partial charge < -0.3 is 10.5 Å². The van der Waals surface area contributed by atoms with Crippen LogP contribution in [0.25, 0.3) is 0 Å². The maximum Gasteiger partial charge on any atom is 0.0716 e. The van der Waals surface area contributed by atoms with Gasteiger partial charge in [-0.2, -0.15) is 0 Å². The highest BCUT2D eigenvalue weighted by molar-refractivity contribution is 6.30. The van der Waals surface area contributed by atoms with Crippen molar-refractivity contribution in [3.05, 3.63) is 34.3 Å². The zero-order valence-corrected chi connectivity index (χ0v) is 11.1. The molecule has 1 saturated carbocycles. The number of halogens is 1. The van der Waals surface area contributed by atoms with E-state index in [0.717, 1.165) is 17.9 Å². The minimum Gasteiger partial charge on any atom is -0.380 e. The lowest BCUT2D eigenvalue weighted by Crippen LogP contribution is -2.39. The van der Waals surface area contributed by atoms with Gasteiger partial charge in [0.1, 0.15) is 0 Å². The first-order chi connectivity index (χ1) is 8.15. The highest BCUT2D eigenvalue weighted by Gasteiger charge is 2.31. The van der Waals surface area contributed by atoms with Crippen LogP contribution in [0, 0.1) is 0 Å². The summed E-state index contributed by atoms with van der Waals surface area (Å²) in [5, 5.41) is 0.759. The second-order valence-corrected chi connectivity index (χ2v) is 5.39. The molecule has 0 unspecified atom stereocenters. The fourth-order valence-electron chi connectivity index (χ4n) is 2.75. The first kappa shape index (κ1) is 12.9. The summed E-state index contributed by atoms with van der Waals surface area (Å²) in [6.07, 6.45) is 5.79. The van der Waals surface area contributed by atoms with Crippen LogP contribution in [-0.4, -0.2) is 7.11 Å². The largest absolute Gasteiger partial charge is 0.380 e. The van der Waals surface area contributed by atoms with Gasteiger partial charge in [-0.3, -0.25) is 0 Å². The minimum atomic E-state index is -0.211. The molecule has 1 aromatic carbocycles. The molecule has 1 fully saturated rings. The number of hydrogen-bond donors (Lipinski definition) is 1. The average molecular weight is 254 g/mol. The molecule has 0 aromatic heterocycles. The molecule has 2 rings (SSSR count). The molecule has 0 amide bonds. The molecule has 1 aliphatic rings. The molecular weight excluding hydrogens is 234 g/mol. The molecule has 0 aliphatic heterocycles. The molecule has 0 heterocycles. The Hall–Kier alpha value is -0.570. The second-order valence-electron chi connectivity index (χ2n) is 4.95. The molecular formula is C14H20ClNO. The molecule has 0 radical (unpaired) electrons. The molecule has 2 N–H and O–H groups in total. The summed E-state index contributed by atoms with van der Waals surface area (Å²) in [6, 6.07) is 5.96. The topological polar surface area (TPSA) is 35.2 Å². The van der Waals surface area contributed by atoms with Crippen molar-refractivity contribution in [2.75, 3.05) is 7.11 Å². The third-order valence-corrected chi connectivity index (χ3v) is 3.89. The van der Waals surface area contributed by atoms with Crippen LogP contribution in [0.1, 0.15) is 43.2 Å². The predicted octanol–water partition coefficient (Wildman–Crippen LogP) is 3.60. The van der Waals surface area contributed by atoms with Crippen LogP contribution in [0.5, 0.6) is 0 Å². The number of rotatable bonds is 3. The smallest absolute Gasteiger partial charge is 0.0716 e. The molecule has 2 nitrogen and oxygen atoms in total. The molecule has 0 bridgehead atoms. The molecule has 0 saturated heterocycles. The molecule has 1 aliphatic carbocycles. The van der Waals surface area contributed by atoms with Crippen LogP contribution in [0.3, 0.4) is 0 Å². The van der Waals surface area contributed by atoms with E-state index in [1.807, 2.05) is 18.2 Å². The van der Waals surface area contributed by atoms with Gasteiger partial charge in [-0.05, 0) is 36.1 Å². The Labute approximate surface area is 108 Å². The average Bonchev–Trinajstić information content (AvgIpc) is 2.33. The molecule has 0 spiro atoms. The van der Waals surface area contributed by atoms with Gasteiger partial charge in [0.05, 0.1) is 6.61 Å². The zero-order chi connectivity index (χ0) is 12.3. The quantitative estimate of drug-likeness (QED) is 0.893. The summed E-state index contributed by atoms with van der Waals surface area (Å²) in [5.41, 5.74) is 8.70. The number of benzene rings is 1. The van der Waals surface area contributed by atoms with E-state index in [1.54, 1.807) is 7.11 Å². The second kappa shape index (κ2) is 5.38. The fourth-order valence-corrected chi connectivity index (χ4v) is 2.92. The van der Waals surface area contributed by atoms with E-state index in [9.17, 15) is 0 Å². The van der Waals surface area contributed by atoms with Gasteiger partial charge in [0.25, 0.3) is 0 Å². The van der Waals surface area contributed by atoms with Gasteiger partial charge in [0.15, 0.2) is 0 Å². The van der Waals surface area contributed by atoms with Gasteiger partial charge in [-0.15, -0.1) is 0 Å². The SMILES string of the molecule is COCc1ccc(Cl)cc1C1(N)CCCCC1. The van der Waals surface area contributed by atoms with Crippen molar-refractivity contribution in [2.45, 2.75) is 44.2 Å². The van der Waals surface area contributed by atoms with Gasteiger partial charge in [0.2, 0.25) is 0 Å². The lowest BCUT2D eigenvalue weighted by molar-refractivity contribution is 0.181. The minimum absolute atomic E-state index is 0.211. The normalized spacial score (nSPS) is 19.2. The van der Waals surface area contributed by atoms with E-state index in [0.29, 0.717) is 6.61 Å². The van der Waals surface area contributed by atoms with E-state index in [-0.39, 0.29) is 5.54 Å². The maximum atomic E-state index is 6.57. The van der Waals surface area contributed by atoms with Crippen LogP contribution in [0.2, 0.25) is 5.02 Å². The van der Waals surface area contributed by atoms with Crippen molar-refractivity contribution < 1.29 is 4.74 Å². The van der Waals surface area contributed by atoms with Crippen LogP contribution in [-0.2, 0) is 16.9 Å². The number of hydrogen-bond acceptors (Lipinski definition) is 2. The van der Waals surface area contributed by atoms with Crippen molar-refractivity contribution in [3.8, 4) is 0 Å². The molecule has 0 atom stereocenters. The van der Waals surface area contributed by atoms with Crippen LogP contribution in [0.15, 0.2) is 18.2 Å². The molecule has 3 heteroatoms. The monoisotopic (exact) mass is 253 g/mol. The first-order valence-electron chi connectivity index (χ1n) is 6.22. The Morgan fingerprint density at radius 2 is 2.00 bits per heavy atom. The summed E-state index contributed by atoms with van der Waals surface area (Å²) in [5.74, 6) is 0. The number of methoxy groups -OCH3 is 1. The van der Waals surface area contributed by atoms with E-state index >= 15 is 0 Å². The Morgan fingerprint density at radius 1 is 1.29 bits per heavy atom. The third kappa shape index (κ3) is 2.82. The van der Waals surface area contributed by atoms with Crippen molar-refractivity contribution in [3.63, 3.8) is 0 Å². The Bertz CT molecular complexity index is 386. The third-order valence-electron chi connectivity index (χ3n) is 3.65. The standard InChI is InChI=1S/C14H20ClNO/c1-17-10-11-5-6-12(15)9-13(11)14(16)7-3-2-4-8-14/h5-6,9H,2-4,7-8,10,16H2,1H3. The van der Waals surface area contributed by atoms with Crippen LogP contribution >= 0.6 is 11.6 Å². The number of ether oxygens (including phenoxy) is 1. The van der Waals surface area contributed by atoms with Crippen molar-refractivity contribution in [1.29, 1.82) is 0 Å². The van der Waals surface area contributed by atoms with E-state index in [2.05, 4.69) is 0 Å². The van der Waals surface area contributed by atoms with Gasteiger partial charge >= 0.3 is 0 Å². The van der Waals surface area contributed by atoms with E-state index in [4.69, 9.17) is 22.1 Å². The molecule has 17 heavy (non-hydrogen) atoms. The lowest BCUT2D eigenvalue weighted by Gasteiger charge is -2.35. The Morgan fingerprint density at radius 3 is 2.65 bits per heavy atom. The van der Waals surface area contributed by atoms with Crippen LogP contribution in [0.4, 0.5) is 0 Å². The first-order valence-corrected chi connectivity index (χ1v) is 6.60. The molecule has 94 valence electrons. The fraction of sp³-hybridized carbons (Fsp3) is 0.571.